The second kappa shape index (κ2) is 19.1. The monoisotopic (exact) mass is 644 g/mol. The molecule has 0 saturated heterocycles. The number of nitrogens with two attached hydrogens (primary N) is 2. The number of anilines is 2. The van der Waals surface area contributed by atoms with E-state index in [0.29, 0.717) is 34.2 Å². The third-order valence-electron chi connectivity index (χ3n) is 4.32. The van der Waals surface area contributed by atoms with Crippen molar-refractivity contribution in [1.82, 2.24) is 31.2 Å². The lowest BCUT2D eigenvalue weighted by Gasteiger charge is -2.16. The number of guanidine groups is 3. The number of rotatable bonds is 16. The molecule has 0 amide bonds. The van der Waals surface area contributed by atoms with Crippen molar-refractivity contribution in [2.75, 3.05) is 48.3 Å². The van der Waals surface area contributed by atoms with E-state index < -0.39 is 6.10 Å². The summed E-state index contributed by atoms with van der Waals surface area (Å²) < 4.78 is 0. The zero-order valence-corrected chi connectivity index (χ0v) is 25.4. The number of hydrogen-bond donors (Lipinski definition) is 11. The molecule has 0 aliphatic heterocycles. The fourth-order valence-electron chi connectivity index (χ4n) is 2.67. The number of nitriles is 1. The highest BCUT2D eigenvalue weighted by Gasteiger charge is 2.08. The van der Waals surface area contributed by atoms with Gasteiger partial charge in [-0.1, -0.05) is 0 Å². The molecule has 0 saturated carbocycles. The fraction of sp³-hybridized carbons (Fsp3) is 0.450. The van der Waals surface area contributed by atoms with Crippen molar-refractivity contribution >= 4 is 91.7 Å². The summed E-state index contributed by atoms with van der Waals surface area (Å²) in [4.78, 5) is 12.4. The van der Waals surface area contributed by atoms with Crippen LogP contribution in [0.5, 0.6) is 0 Å². The molecule has 0 aromatic carbocycles. The number of thiazole rings is 2. The Morgan fingerprint density at radius 1 is 0.975 bits per heavy atom. The van der Waals surface area contributed by atoms with Gasteiger partial charge in [0.1, 0.15) is 0 Å². The number of thioether (sulfide) groups is 2. The zero-order chi connectivity index (χ0) is 29.2. The highest BCUT2D eigenvalue weighted by Crippen LogP contribution is 2.20. The van der Waals surface area contributed by atoms with E-state index in [-0.39, 0.29) is 31.0 Å². The van der Waals surface area contributed by atoms with Crippen molar-refractivity contribution in [1.29, 1.82) is 16.1 Å². The topological polar surface area (TPSA) is 254 Å². The molecular formula is C20H32N14OS5. The molecule has 1 atom stereocenters. The van der Waals surface area contributed by atoms with Crippen LogP contribution in [0.4, 0.5) is 10.3 Å². The minimum atomic E-state index is -0.765. The van der Waals surface area contributed by atoms with E-state index in [1.807, 2.05) is 10.8 Å². The molecule has 0 aliphatic rings. The van der Waals surface area contributed by atoms with E-state index in [4.69, 9.17) is 39.8 Å². The predicted molar refractivity (Wildman–Crippen MR) is 171 cm³/mol. The van der Waals surface area contributed by atoms with Crippen molar-refractivity contribution < 1.29 is 5.11 Å². The molecule has 218 valence electrons. The SMILES string of the molecule is N#CN=C(NCCSCc1csc(NC(=N)N)n1)NCC(O)CNC(=S)NCCSCc1csc(NC(=N)N)n1. The normalized spacial score (nSPS) is 11.7. The van der Waals surface area contributed by atoms with Gasteiger partial charge >= 0.3 is 0 Å². The maximum atomic E-state index is 10.2. The Bertz CT molecular complexity index is 1160. The average Bonchev–Trinajstić information content (AvgIpc) is 3.53. The van der Waals surface area contributed by atoms with Crippen molar-refractivity contribution in [3.05, 3.63) is 22.1 Å². The first-order valence-corrected chi connectivity index (χ1v) is 16.1. The molecule has 15 nitrogen and oxygen atoms in total. The second-order valence-corrected chi connectivity index (χ2v) is 12.0. The number of aliphatic hydroxyl groups excluding tert-OH is 1. The van der Waals surface area contributed by atoms with Crippen LogP contribution in [0.2, 0.25) is 0 Å². The summed E-state index contributed by atoms with van der Waals surface area (Å²) in [5.74, 6) is 2.97. The zero-order valence-electron chi connectivity index (χ0n) is 21.3. The van der Waals surface area contributed by atoms with Gasteiger partial charge in [-0.15, -0.1) is 27.7 Å². The predicted octanol–water partition coefficient (Wildman–Crippen LogP) is 0.218. The lowest BCUT2D eigenvalue weighted by molar-refractivity contribution is 0.180. The number of aliphatic imine (C=N–C) groups is 1. The quantitative estimate of drug-likeness (QED) is 0.0384. The summed E-state index contributed by atoms with van der Waals surface area (Å²) in [5, 5.41) is 56.4. The molecule has 13 N–H and O–H groups in total. The van der Waals surface area contributed by atoms with E-state index in [1.54, 1.807) is 29.7 Å². The van der Waals surface area contributed by atoms with Crippen molar-refractivity contribution in [2.24, 2.45) is 16.5 Å². The van der Waals surface area contributed by atoms with E-state index in [0.717, 1.165) is 28.6 Å². The summed E-state index contributed by atoms with van der Waals surface area (Å²) in [5.41, 5.74) is 12.4. The molecule has 0 aliphatic carbocycles. The van der Waals surface area contributed by atoms with Crippen LogP contribution in [0, 0.1) is 22.3 Å². The Hall–Kier alpha value is -3.09. The summed E-state index contributed by atoms with van der Waals surface area (Å²) in [6.07, 6.45) is 0.978. The minimum Gasteiger partial charge on any atom is -0.389 e. The van der Waals surface area contributed by atoms with Crippen LogP contribution < -0.4 is 43.4 Å². The van der Waals surface area contributed by atoms with E-state index >= 15 is 0 Å². The largest absolute Gasteiger partial charge is 0.389 e. The summed E-state index contributed by atoms with van der Waals surface area (Å²) in [7, 11) is 0. The summed E-state index contributed by atoms with van der Waals surface area (Å²) in [6, 6.07) is 0. The second-order valence-electron chi connectivity index (χ2n) is 7.63. The standard InChI is InChI=1S/C20H32N14OS5/c21-11-30-17(26-1-3-37-7-12-9-39-19(31-12)33-15(22)23)28-5-14(35)6-29-18(36)27-2-4-38-8-13-10-40-20(32-13)34-16(24)25/h9-10,14,35H,1-8H2,(H2,26,28,30)(H2,27,29,36)(H4,22,23,31,33)(H4,24,25,32,34). The maximum absolute atomic E-state index is 10.2. The van der Waals surface area contributed by atoms with E-state index in [1.165, 1.54) is 22.7 Å². The van der Waals surface area contributed by atoms with Gasteiger partial charge in [0.25, 0.3) is 0 Å². The molecule has 0 bridgehead atoms. The first-order chi connectivity index (χ1) is 19.2. The van der Waals surface area contributed by atoms with Gasteiger partial charge in [-0.2, -0.15) is 28.8 Å². The number of aromatic nitrogens is 2. The average molecular weight is 645 g/mol. The van der Waals surface area contributed by atoms with E-state index in [2.05, 4.69) is 46.9 Å². The molecule has 1 unspecified atom stereocenters. The van der Waals surface area contributed by atoms with Crippen molar-refractivity contribution in [3.63, 3.8) is 0 Å². The highest BCUT2D eigenvalue weighted by molar-refractivity contribution is 7.98. The first-order valence-electron chi connectivity index (χ1n) is 11.7. The van der Waals surface area contributed by atoms with E-state index in [9.17, 15) is 5.11 Å². The molecule has 2 aromatic rings. The van der Waals surface area contributed by atoms with Crippen LogP contribution in [-0.2, 0) is 11.5 Å². The van der Waals surface area contributed by atoms with Crippen LogP contribution in [0.3, 0.4) is 0 Å². The van der Waals surface area contributed by atoms with Gasteiger partial charge in [0, 0.05) is 60.0 Å². The van der Waals surface area contributed by atoms with Gasteiger partial charge in [0.2, 0.25) is 12.2 Å². The molecule has 0 spiro atoms. The summed E-state index contributed by atoms with van der Waals surface area (Å²) >= 11 is 11.4. The molecule has 2 rings (SSSR count). The van der Waals surface area contributed by atoms with Crippen LogP contribution in [0.1, 0.15) is 11.4 Å². The van der Waals surface area contributed by atoms with Crippen molar-refractivity contribution in [3.8, 4) is 6.19 Å². The molecule has 0 radical (unpaired) electrons. The van der Waals surface area contributed by atoms with Crippen LogP contribution >= 0.6 is 58.4 Å². The third kappa shape index (κ3) is 14.9. The van der Waals surface area contributed by atoms with Gasteiger partial charge in [0.15, 0.2) is 27.3 Å². The van der Waals surface area contributed by atoms with Gasteiger partial charge in [-0.3, -0.25) is 10.8 Å². The minimum absolute atomic E-state index is 0.137. The number of aliphatic hydroxyl groups is 1. The molecule has 20 heteroatoms. The number of nitrogens with one attached hydrogen (secondary N) is 8. The maximum Gasteiger partial charge on any atom is 0.209 e. The van der Waals surface area contributed by atoms with Gasteiger partial charge < -0.3 is 48.5 Å². The Labute approximate surface area is 253 Å². The fourth-order valence-corrected chi connectivity index (χ4v) is 6.01. The first kappa shape index (κ1) is 33.1. The van der Waals surface area contributed by atoms with Crippen LogP contribution in [0.15, 0.2) is 15.8 Å². The number of thiocarbonyl (C=S) groups is 1. The lowest BCUT2D eigenvalue weighted by Crippen LogP contribution is -2.46. The van der Waals surface area contributed by atoms with Gasteiger partial charge in [-0.25, -0.2) is 9.97 Å². The van der Waals surface area contributed by atoms with Gasteiger partial charge in [0.05, 0.1) is 17.5 Å². The molecule has 40 heavy (non-hydrogen) atoms. The molecule has 2 heterocycles. The lowest BCUT2D eigenvalue weighted by atomic mass is 10.3. The Balaban J connectivity index is 1.52. The summed E-state index contributed by atoms with van der Waals surface area (Å²) in [6.45, 7) is 1.60. The number of hydrogen-bond acceptors (Lipinski definition) is 12. The molecule has 0 fully saturated rings. The third-order valence-corrected chi connectivity index (χ3v) is 8.21. The van der Waals surface area contributed by atoms with Gasteiger partial charge in [-0.05, 0) is 12.2 Å². The Kier molecular flexibility index (Phi) is 15.8. The number of nitrogens with zero attached hydrogens (tertiary/aromatic N) is 4. The highest BCUT2D eigenvalue weighted by atomic mass is 32.2. The Morgan fingerprint density at radius 3 is 2.02 bits per heavy atom. The molecular weight excluding hydrogens is 613 g/mol. The molecule has 2 aromatic heterocycles. The smallest absolute Gasteiger partial charge is 0.209 e. The Morgan fingerprint density at radius 2 is 1.50 bits per heavy atom. The van der Waals surface area contributed by atoms with Crippen LogP contribution in [0.25, 0.3) is 0 Å². The van der Waals surface area contributed by atoms with Crippen molar-refractivity contribution in [2.45, 2.75) is 17.6 Å². The van der Waals surface area contributed by atoms with Crippen LogP contribution in [-0.4, -0.2) is 81.9 Å².